The van der Waals surface area contributed by atoms with E-state index >= 15 is 0 Å². The van der Waals surface area contributed by atoms with Gasteiger partial charge < -0.3 is 4.52 Å². The predicted molar refractivity (Wildman–Crippen MR) is 87.2 cm³/mol. The van der Waals surface area contributed by atoms with Crippen LogP contribution in [-0.2, 0) is 19.6 Å². The van der Waals surface area contributed by atoms with Crippen molar-refractivity contribution >= 4 is 0 Å². The number of aryl methyl sites for hydroxylation is 2. The molecule has 2 atom stereocenters. The first-order chi connectivity index (χ1) is 12.0. The molecule has 0 radical (unpaired) electrons. The van der Waals surface area contributed by atoms with Gasteiger partial charge in [0, 0.05) is 32.6 Å². The number of hydrogen-bond acceptors (Lipinski definition) is 8. The highest BCUT2D eigenvalue weighted by molar-refractivity contribution is 4.93. The molecule has 10 heteroatoms. The Morgan fingerprint density at radius 3 is 2.96 bits per heavy atom. The summed E-state index contributed by atoms with van der Waals surface area (Å²) in [5.74, 6) is 1.97. The molecule has 25 heavy (non-hydrogen) atoms. The fraction of sp³-hybridized carbons (Fsp3) is 0.800. The van der Waals surface area contributed by atoms with Crippen LogP contribution < -0.4 is 0 Å². The Morgan fingerprint density at radius 1 is 1.40 bits per heavy atom. The van der Waals surface area contributed by atoms with Gasteiger partial charge in [-0.25, -0.2) is 9.07 Å². The van der Waals surface area contributed by atoms with E-state index in [0.717, 1.165) is 25.3 Å². The number of alkyl halides is 1. The van der Waals surface area contributed by atoms with E-state index in [1.165, 1.54) is 0 Å². The van der Waals surface area contributed by atoms with Crippen molar-refractivity contribution < 1.29 is 8.91 Å². The molecule has 0 aliphatic carbocycles. The summed E-state index contributed by atoms with van der Waals surface area (Å²) in [6, 6.07) is 0.106. The van der Waals surface area contributed by atoms with Crippen LogP contribution in [0.1, 0.15) is 37.3 Å². The van der Waals surface area contributed by atoms with Crippen molar-refractivity contribution in [2.75, 3.05) is 20.1 Å². The van der Waals surface area contributed by atoms with Crippen molar-refractivity contribution in [2.45, 2.75) is 58.5 Å². The predicted octanol–water partition coefficient (Wildman–Crippen LogP) is 0.819. The molecule has 0 unspecified atom stereocenters. The molecule has 2 aromatic rings. The highest BCUT2D eigenvalue weighted by Gasteiger charge is 2.33. The molecule has 1 aliphatic rings. The molecule has 1 aliphatic heterocycles. The van der Waals surface area contributed by atoms with Crippen molar-refractivity contribution in [3.8, 4) is 0 Å². The maximum absolute atomic E-state index is 14.0. The van der Waals surface area contributed by atoms with Gasteiger partial charge in [0.2, 0.25) is 5.89 Å². The van der Waals surface area contributed by atoms with Crippen LogP contribution in [0.25, 0.3) is 0 Å². The molecule has 0 aromatic carbocycles. The first-order valence-corrected chi connectivity index (χ1v) is 8.66. The number of halogens is 1. The average molecular weight is 352 g/mol. The van der Waals surface area contributed by atoms with E-state index in [4.69, 9.17) is 4.52 Å². The third-order valence-electron chi connectivity index (χ3n) is 4.37. The Kier molecular flexibility index (Phi) is 5.69. The minimum absolute atomic E-state index is 0.106. The summed E-state index contributed by atoms with van der Waals surface area (Å²) in [5, 5.41) is 15.8. The molecule has 1 saturated heterocycles. The minimum Gasteiger partial charge on any atom is -0.340 e. The van der Waals surface area contributed by atoms with Crippen molar-refractivity contribution in [2.24, 2.45) is 0 Å². The van der Waals surface area contributed by atoms with E-state index in [0.29, 0.717) is 37.8 Å². The van der Waals surface area contributed by atoms with Gasteiger partial charge in [-0.05, 0) is 30.3 Å². The van der Waals surface area contributed by atoms with E-state index in [2.05, 4.69) is 42.4 Å². The quantitative estimate of drug-likeness (QED) is 0.690. The fourth-order valence-electron chi connectivity index (χ4n) is 3.28. The van der Waals surface area contributed by atoms with Crippen LogP contribution in [-0.4, -0.2) is 72.5 Å². The van der Waals surface area contributed by atoms with Crippen molar-refractivity contribution in [3.05, 3.63) is 17.5 Å². The number of rotatable bonds is 8. The number of aromatic nitrogens is 6. The monoisotopic (exact) mass is 352 g/mol. The Balaban J connectivity index is 1.58. The molecular formula is C15H25FN8O. The SMILES string of the molecule is CCCn1nnnc1CN(C)C[C@@H]1C[C@H](F)CN1Cc1noc(C)n1. The van der Waals surface area contributed by atoms with Gasteiger partial charge >= 0.3 is 0 Å². The van der Waals surface area contributed by atoms with Gasteiger partial charge in [0.25, 0.3) is 0 Å². The highest BCUT2D eigenvalue weighted by Crippen LogP contribution is 2.23. The average Bonchev–Trinajstić information content (AvgIpc) is 3.23. The molecule has 0 amide bonds. The maximum atomic E-state index is 14.0. The molecule has 0 bridgehead atoms. The smallest absolute Gasteiger partial charge is 0.223 e. The maximum Gasteiger partial charge on any atom is 0.223 e. The van der Waals surface area contributed by atoms with Crippen molar-refractivity contribution in [1.82, 2.24) is 40.1 Å². The van der Waals surface area contributed by atoms with E-state index in [1.54, 1.807) is 6.92 Å². The number of hydrogen-bond donors (Lipinski definition) is 0. The number of likely N-dealkylation sites (tertiary alicyclic amines) is 1. The third-order valence-corrected chi connectivity index (χ3v) is 4.37. The molecule has 0 spiro atoms. The normalized spacial score (nSPS) is 21.5. The molecule has 138 valence electrons. The lowest BCUT2D eigenvalue weighted by Gasteiger charge is -2.27. The van der Waals surface area contributed by atoms with E-state index in [9.17, 15) is 4.39 Å². The number of tetrazole rings is 1. The Hall–Kier alpha value is -1.94. The molecule has 0 N–H and O–H groups in total. The van der Waals surface area contributed by atoms with Crippen LogP contribution in [0, 0.1) is 6.92 Å². The molecule has 9 nitrogen and oxygen atoms in total. The molecule has 3 heterocycles. The molecule has 0 saturated carbocycles. The topological polar surface area (TPSA) is 89.0 Å². The van der Waals surface area contributed by atoms with Gasteiger partial charge in [-0.3, -0.25) is 9.80 Å². The van der Waals surface area contributed by atoms with Crippen LogP contribution in [0.3, 0.4) is 0 Å². The Labute approximate surface area is 146 Å². The first kappa shape index (κ1) is 17.9. The standard InChI is InChI=1S/C15H25FN8O/c1-4-5-24-15(18-20-21-24)10-22(3)8-13-6-12(16)7-23(13)9-14-17-11(2)25-19-14/h12-13H,4-10H2,1-3H3/t12-,13-/m0/s1. The van der Waals surface area contributed by atoms with E-state index in [-0.39, 0.29) is 6.04 Å². The minimum atomic E-state index is -0.822. The van der Waals surface area contributed by atoms with Gasteiger partial charge in [-0.2, -0.15) is 4.98 Å². The summed E-state index contributed by atoms with van der Waals surface area (Å²) >= 11 is 0. The van der Waals surface area contributed by atoms with Gasteiger partial charge in [0.15, 0.2) is 11.6 Å². The molecule has 3 rings (SSSR count). The van der Waals surface area contributed by atoms with Crippen molar-refractivity contribution in [3.63, 3.8) is 0 Å². The number of nitrogens with zero attached hydrogens (tertiary/aromatic N) is 8. The number of likely N-dealkylation sites (N-methyl/N-ethyl adjacent to an activating group) is 1. The molecule has 1 fully saturated rings. The van der Waals surface area contributed by atoms with Gasteiger partial charge in [0.05, 0.1) is 13.1 Å². The van der Waals surface area contributed by atoms with Crippen LogP contribution in [0.2, 0.25) is 0 Å². The lowest BCUT2D eigenvalue weighted by atomic mass is 10.2. The first-order valence-electron chi connectivity index (χ1n) is 8.66. The van der Waals surface area contributed by atoms with E-state index < -0.39 is 6.17 Å². The zero-order chi connectivity index (χ0) is 17.8. The van der Waals surface area contributed by atoms with Gasteiger partial charge in [-0.15, -0.1) is 5.10 Å². The fourth-order valence-corrected chi connectivity index (χ4v) is 3.28. The van der Waals surface area contributed by atoms with Gasteiger partial charge in [-0.1, -0.05) is 12.1 Å². The zero-order valence-electron chi connectivity index (χ0n) is 15.0. The highest BCUT2D eigenvalue weighted by atomic mass is 19.1. The van der Waals surface area contributed by atoms with Crippen molar-refractivity contribution in [1.29, 1.82) is 0 Å². The van der Waals surface area contributed by atoms with Gasteiger partial charge in [0.1, 0.15) is 6.17 Å². The molecule has 2 aromatic heterocycles. The Morgan fingerprint density at radius 2 is 2.24 bits per heavy atom. The summed E-state index contributed by atoms with van der Waals surface area (Å²) in [7, 11) is 2.01. The molecular weight excluding hydrogens is 327 g/mol. The third kappa shape index (κ3) is 4.57. The summed E-state index contributed by atoms with van der Waals surface area (Å²) in [6.07, 6.45) is 0.671. The van der Waals surface area contributed by atoms with E-state index in [1.807, 2.05) is 11.7 Å². The summed E-state index contributed by atoms with van der Waals surface area (Å²) in [4.78, 5) is 8.44. The zero-order valence-corrected chi connectivity index (χ0v) is 15.0. The second-order valence-electron chi connectivity index (χ2n) is 6.66. The lowest BCUT2D eigenvalue weighted by molar-refractivity contribution is 0.173. The lowest BCUT2D eigenvalue weighted by Crippen LogP contribution is -2.38. The summed E-state index contributed by atoms with van der Waals surface area (Å²) < 4.78 is 20.8. The summed E-state index contributed by atoms with van der Waals surface area (Å²) in [6.45, 7) is 6.92. The van der Waals surface area contributed by atoms with Crippen LogP contribution in [0.4, 0.5) is 4.39 Å². The second-order valence-corrected chi connectivity index (χ2v) is 6.66. The van der Waals surface area contributed by atoms with Crippen LogP contribution in [0.15, 0.2) is 4.52 Å². The van der Waals surface area contributed by atoms with Crippen LogP contribution >= 0.6 is 0 Å². The van der Waals surface area contributed by atoms with Crippen LogP contribution in [0.5, 0.6) is 0 Å². The Bertz CT molecular complexity index is 674. The second kappa shape index (κ2) is 7.96. The largest absolute Gasteiger partial charge is 0.340 e. The summed E-state index contributed by atoms with van der Waals surface area (Å²) in [5.41, 5.74) is 0.